The highest BCUT2D eigenvalue weighted by Crippen LogP contribution is 2.44. The Labute approximate surface area is 382 Å². The fourth-order valence-corrected chi connectivity index (χ4v) is 10.6. The summed E-state index contributed by atoms with van der Waals surface area (Å²) < 4.78 is 46.3. The van der Waals surface area contributed by atoms with Crippen LogP contribution in [0.1, 0.15) is 94.9 Å². The Morgan fingerprint density at radius 2 is 1.58 bits per heavy atom. The monoisotopic (exact) mass is 909 g/mol. The highest BCUT2D eigenvalue weighted by atomic mass is 16.7. The van der Waals surface area contributed by atoms with Crippen molar-refractivity contribution in [3.05, 3.63) is 30.3 Å². The minimum Gasteiger partial charge on any atom is -0.483 e. The largest absolute Gasteiger partial charge is 0.483 e. The molecule has 0 bridgehead atoms. The number of hydrogen-bond donors (Lipinski definition) is 6. The molecular weight excluding hydrogens is 825 g/mol. The normalized spacial score (nSPS) is 45.2. The predicted octanol–water partition coefficient (Wildman–Crippen LogP) is 2.92. The van der Waals surface area contributed by atoms with Gasteiger partial charge in [0.05, 0.1) is 42.0 Å². The number of ether oxygens (including phenoxy) is 7. The zero-order valence-corrected chi connectivity index (χ0v) is 41.0. The van der Waals surface area contributed by atoms with Gasteiger partial charge in [-0.15, -0.1) is 0 Å². The van der Waals surface area contributed by atoms with Gasteiger partial charge in [-0.25, -0.2) is 0 Å². The highest BCUT2D eigenvalue weighted by molar-refractivity contribution is 5.73. The van der Waals surface area contributed by atoms with Gasteiger partial charge in [0.2, 0.25) is 0 Å². The number of β-amino-alcohol motifs (C(OH)–C–C–N with tert-alkyl or cyclic N) is 1. The molecule has 0 unspecified atom stereocenters. The molecule has 1 aromatic rings. The van der Waals surface area contributed by atoms with Crippen LogP contribution in [-0.2, 0) is 33.2 Å². The number of carbonyl (C=O) groups is 1. The lowest BCUT2D eigenvalue weighted by molar-refractivity contribution is -0.338. The average molecular weight is 909 g/mol. The lowest BCUT2D eigenvalue weighted by Gasteiger charge is -2.55. The maximum atomic E-state index is 14.6. The molecule has 6 N–H and O–H groups in total. The molecule has 4 heterocycles. The first-order valence-corrected chi connectivity index (χ1v) is 23.8. The maximum Gasteiger partial charge on any atom is 0.311 e. The van der Waals surface area contributed by atoms with E-state index in [9.17, 15) is 25.2 Å². The molecule has 368 valence electrons. The second kappa shape index (κ2) is 21.9. The van der Waals surface area contributed by atoms with Crippen molar-refractivity contribution in [1.82, 2.24) is 20.4 Å². The molecule has 4 aliphatic heterocycles. The van der Waals surface area contributed by atoms with Crippen LogP contribution in [0.2, 0.25) is 0 Å². The van der Waals surface area contributed by atoms with E-state index in [0.717, 1.165) is 26.2 Å². The van der Waals surface area contributed by atoms with E-state index < -0.39 is 95.5 Å². The van der Waals surface area contributed by atoms with Crippen LogP contribution in [0.25, 0.3) is 0 Å². The summed E-state index contributed by atoms with van der Waals surface area (Å²) >= 11 is 0. The summed E-state index contributed by atoms with van der Waals surface area (Å²) in [7, 11) is 5.54. The quantitative estimate of drug-likeness (QED) is 0.178. The van der Waals surface area contributed by atoms with Crippen molar-refractivity contribution >= 4 is 5.97 Å². The number of aliphatic hydroxyl groups excluding tert-OH is 1. The Kier molecular flexibility index (Phi) is 18.1. The minimum absolute atomic E-state index is 0.115. The summed E-state index contributed by atoms with van der Waals surface area (Å²) in [5.41, 5.74) is -5.93. The van der Waals surface area contributed by atoms with E-state index in [4.69, 9.17) is 33.2 Å². The van der Waals surface area contributed by atoms with Crippen molar-refractivity contribution in [3.8, 4) is 5.75 Å². The molecule has 64 heavy (non-hydrogen) atoms. The van der Waals surface area contributed by atoms with Crippen molar-refractivity contribution < 1.29 is 58.4 Å². The standard InChI is InChI=1S/C48H84N4O12/c1-14-37-47(10,56)41(53)33(6)50-27-29(2)25-45(8,55)42(64-44-40(36(49-11)24-30(3)59-44)61-35-18-16-15-17-19-35)31(4)39(32(5)43(54)62-37)63-38-26-46(9,58-13)48(57,34(7)60-38)28-52-22-20-51(12)21-23-52/h15-19,29-34,36-42,44,49-50,53,55-57H,14,20-28H2,1-13H3/t29-,30-,31+,32-,33-,34+,36+,37-,38+,39+,40-,41-,42-,44+,45-,46-,47-,48+/m1/s1. The first-order valence-electron chi connectivity index (χ1n) is 23.8. The molecule has 4 fully saturated rings. The number of para-hydroxylation sites is 1. The number of rotatable bonds is 11. The summed E-state index contributed by atoms with van der Waals surface area (Å²) in [5, 5.41) is 55.5. The molecule has 0 radical (unpaired) electrons. The molecule has 0 aromatic heterocycles. The van der Waals surface area contributed by atoms with Gasteiger partial charge in [0.15, 0.2) is 18.7 Å². The van der Waals surface area contributed by atoms with Crippen LogP contribution < -0.4 is 15.4 Å². The van der Waals surface area contributed by atoms with Crippen molar-refractivity contribution in [3.63, 3.8) is 0 Å². The van der Waals surface area contributed by atoms with E-state index in [-0.39, 0.29) is 37.3 Å². The molecule has 0 aliphatic carbocycles. The van der Waals surface area contributed by atoms with Crippen molar-refractivity contribution in [1.29, 1.82) is 0 Å². The third kappa shape index (κ3) is 12.0. The van der Waals surface area contributed by atoms with Crippen LogP contribution in [0.5, 0.6) is 5.75 Å². The molecular formula is C48H84N4O12. The highest BCUT2D eigenvalue weighted by Gasteiger charge is 2.59. The van der Waals surface area contributed by atoms with Gasteiger partial charge in [-0.3, -0.25) is 9.69 Å². The molecule has 16 heteroatoms. The Morgan fingerprint density at radius 1 is 0.922 bits per heavy atom. The second-order valence-electron chi connectivity index (χ2n) is 20.4. The van der Waals surface area contributed by atoms with Crippen LogP contribution in [0.3, 0.4) is 0 Å². The summed E-state index contributed by atoms with van der Waals surface area (Å²) in [6.07, 6.45) is -6.81. The third-order valence-corrected chi connectivity index (χ3v) is 15.0. The van der Waals surface area contributed by atoms with E-state index in [2.05, 4.69) is 27.5 Å². The number of cyclic esters (lactones) is 1. The number of benzene rings is 1. The molecule has 0 spiro atoms. The van der Waals surface area contributed by atoms with Crippen LogP contribution >= 0.6 is 0 Å². The summed E-state index contributed by atoms with van der Waals surface area (Å²) in [5.74, 6) is -1.98. The first-order chi connectivity index (χ1) is 30.0. The summed E-state index contributed by atoms with van der Waals surface area (Å²) in [6.45, 7) is 22.1. The number of piperazine rings is 1. The van der Waals surface area contributed by atoms with Gasteiger partial charge in [0.25, 0.3) is 0 Å². The summed E-state index contributed by atoms with van der Waals surface area (Å²) in [6, 6.07) is 8.69. The SMILES string of the molecule is CC[C@H]1OC(=O)[C@H](C)[C@@H](O[C@H]2C[C@@](C)(OC)[C@](O)(CN3CCN(C)CC3)[C@H](C)O2)[C@H](C)[C@@H](O[C@@H]2O[C@H](C)C[C@H](NC)[C@H]2Oc2ccccc2)[C@](C)(O)C[C@@H](C)CN[C@H](C)[C@@H](O)[C@]1(C)O. The first kappa shape index (κ1) is 52.9. The van der Waals surface area contributed by atoms with Crippen molar-refractivity contribution in [2.75, 3.05) is 60.5 Å². The van der Waals surface area contributed by atoms with E-state index in [0.29, 0.717) is 25.3 Å². The molecule has 4 aliphatic rings. The predicted molar refractivity (Wildman–Crippen MR) is 243 cm³/mol. The number of nitrogens with zero attached hydrogens (tertiary/aromatic N) is 2. The van der Waals surface area contributed by atoms with Crippen LogP contribution in [0.15, 0.2) is 30.3 Å². The van der Waals surface area contributed by atoms with E-state index in [1.165, 1.54) is 6.92 Å². The fraction of sp³-hybridized carbons (Fsp3) is 0.854. The molecule has 0 amide bonds. The number of aliphatic hydroxyl groups is 4. The topological polar surface area (TPSA) is 193 Å². The van der Waals surface area contributed by atoms with E-state index in [1.54, 1.807) is 34.8 Å². The van der Waals surface area contributed by atoms with Gasteiger partial charge in [-0.2, -0.15) is 0 Å². The van der Waals surface area contributed by atoms with E-state index in [1.807, 2.05) is 72.0 Å². The van der Waals surface area contributed by atoms with Gasteiger partial charge in [0.1, 0.15) is 34.8 Å². The molecule has 18 atom stereocenters. The van der Waals surface area contributed by atoms with Gasteiger partial charge in [0, 0.05) is 58.2 Å². The van der Waals surface area contributed by atoms with Gasteiger partial charge < -0.3 is 69.1 Å². The van der Waals surface area contributed by atoms with Crippen LogP contribution in [-0.4, -0.2) is 186 Å². The second-order valence-corrected chi connectivity index (χ2v) is 20.4. The molecule has 1 aromatic carbocycles. The molecule has 0 saturated carbocycles. The number of hydrogen-bond acceptors (Lipinski definition) is 16. The number of nitrogens with one attached hydrogen (secondary N) is 2. The number of esters is 1. The smallest absolute Gasteiger partial charge is 0.311 e. The lowest BCUT2D eigenvalue weighted by Crippen LogP contribution is -2.71. The average Bonchev–Trinajstić information content (AvgIpc) is 3.25. The van der Waals surface area contributed by atoms with E-state index >= 15 is 0 Å². The lowest BCUT2D eigenvalue weighted by atomic mass is 9.74. The number of likely N-dealkylation sites (N-methyl/N-ethyl adjacent to an activating group) is 2. The molecule has 4 saturated heterocycles. The minimum atomic E-state index is -1.82. The number of methoxy groups -OCH3 is 1. The van der Waals surface area contributed by atoms with Crippen LogP contribution in [0.4, 0.5) is 0 Å². The Balaban J connectivity index is 1.57. The van der Waals surface area contributed by atoms with Crippen molar-refractivity contribution in [2.24, 2.45) is 17.8 Å². The third-order valence-electron chi connectivity index (χ3n) is 15.0. The Bertz CT molecular complexity index is 1600. The fourth-order valence-electron chi connectivity index (χ4n) is 10.6. The van der Waals surface area contributed by atoms with Crippen molar-refractivity contribution in [2.45, 2.75) is 185 Å². The number of carbonyl (C=O) groups excluding carboxylic acids is 1. The summed E-state index contributed by atoms with van der Waals surface area (Å²) in [4.78, 5) is 19.1. The Morgan fingerprint density at radius 3 is 2.19 bits per heavy atom. The van der Waals surface area contributed by atoms with Gasteiger partial charge >= 0.3 is 5.97 Å². The zero-order valence-electron chi connectivity index (χ0n) is 41.0. The van der Waals surface area contributed by atoms with Gasteiger partial charge in [-0.05, 0) is 106 Å². The molecule has 5 rings (SSSR count). The van der Waals surface area contributed by atoms with Crippen LogP contribution in [0, 0.1) is 17.8 Å². The Hall–Kier alpha value is -2.03. The zero-order chi connectivity index (χ0) is 47.4. The van der Waals surface area contributed by atoms with Gasteiger partial charge in [-0.1, -0.05) is 39.0 Å². The maximum absolute atomic E-state index is 14.6. The molecule has 16 nitrogen and oxygen atoms in total.